The van der Waals surface area contributed by atoms with E-state index in [9.17, 15) is 10.1 Å². The van der Waals surface area contributed by atoms with E-state index in [2.05, 4.69) is 20.5 Å². The fraction of sp³-hybridized carbons (Fsp3) is 0.0526. The minimum atomic E-state index is -0.573. The molecular formula is C19H13Cl2N5O2. The van der Waals surface area contributed by atoms with Crippen molar-refractivity contribution < 1.29 is 4.74 Å². The average Bonchev–Trinajstić information content (AvgIpc) is 2.69. The molecule has 0 saturated heterocycles. The van der Waals surface area contributed by atoms with E-state index in [4.69, 9.17) is 27.9 Å². The van der Waals surface area contributed by atoms with Gasteiger partial charge in [-0.15, -0.1) is 0 Å². The van der Waals surface area contributed by atoms with Crippen LogP contribution in [0.4, 0.5) is 5.95 Å². The lowest BCUT2D eigenvalue weighted by molar-refractivity contribution is 0.414. The van der Waals surface area contributed by atoms with Gasteiger partial charge < -0.3 is 4.74 Å². The summed E-state index contributed by atoms with van der Waals surface area (Å²) in [6.07, 6.45) is 1.41. The van der Waals surface area contributed by atoms with Crippen molar-refractivity contribution in [3.05, 3.63) is 74.0 Å². The quantitative estimate of drug-likeness (QED) is 0.484. The Hall–Kier alpha value is -3.34. The van der Waals surface area contributed by atoms with Gasteiger partial charge in [-0.2, -0.15) is 10.4 Å². The topological polar surface area (TPSA) is 103 Å². The number of hydrogen-bond acceptors (Lipinski definition) is 6. The van der Waals surface area contributed by atoms with E-state index in [0.717, 1.165) is 0 Å². The van der Waals surface area contributed by atoms with E-state index >= 15 is 0 Å². The second kappa shape index (κ2) is 8.57. The molecular weight excluding hydrogens is 401 g/mol. The van der Waals surface area contributed by atoms with Gasteiger partial charge in [0.05, 0.1) is 29.6 Å². The summed E-state index contributed by atoms with van der Waals surface area (Å²) in [4.78, 5) is 19.0. The first-order valence-electron chi connectivity index (χ1n) is 7.95. The van der Waals surface area contributed by atoms with E-state index < -0.39 is 5.56 Å². The van der Waals surface area contributed by atoms with Crippen molar-refractivity contribution in [3.8, 4) is 23.1 Å². The Labute approximate surface area is 170 Å². The van der Waals surface area contributed by atoms with Crippen molar-refractivity contribution in [2.45, 2.75) is 0 Å². The number of aromatic nitrogens is 2. The Morgan fingerprint density at radius 2 is 2.04 bits per heavy atom. The van der Waals surface area contributed by atoms with Crippen molar-refractivity contribution in [2.24, 2.45) is 5.10 Å². The molecule has 3 rings (SSSR count). The summed E-state index contributed by atoms with van der Waals surface area (Å²) in [7, 11) is 1.48. The maximum atomic E-state index is 12.2. The number of aromatic amines is 1. The number of nitriles is 1. The van der Waals surface area contributed by atoms with Crippen LogP contribution in [0.1, 0.15) is 11.1 Å². The number of anilines is 1. The van der Waals surface area contributed by atoms with Crippen molar-refractivity contribution >= 4 is 35.4 Å². The van der Waals surface area contributed by atoms with Crippen LogP contribution in [0, 0.1) is 11.3 Å². The third-order valence-electron chi connectivity index (χ3n) is 3.72. The van der Waals surface area contributed by atoms with Gasteiger partial charge in [0, 0.05) is 10.6 Å². The minimum absolute atomic E-state index is 0.0724. The molecule has 2 aromatic carbocycles. The number of hydrogen-bond donors (Lipinski definition) is 2. The Bertz CT molecular complexity index is 1140. The molecule has 0 aliphatic heterocycles. The molecule has 0 bridgehead atoms. The predicted octanol–water partition coefficient (Wildman–Crippen LogP) is 4.07. The van der Waals surface area contributed by atoms with E-state index in [-0.39, 0.29) is 17.2 Å². The summed E-state index contributed by atoms with van der Waals surface area (Å²) in [6.45, 7) is 0. The third-order valence-corrected chi connectivity index (χ3v) is 4.25. The SMILES string of the molecule is COc1cc(Cl)cc(Cl)c1C=NNc1nc(-c2ccccc2)c(C#N)c(=O)[nH]1. The Kier molecular flexibility index (Phi) is 5.94. The van der Waals surface area contributed by atoms with Gasteiger partial charge in [0.1, 0.15) is 17.4 Å². The molecule has 0 amide bonds. The molecule has 28 heavy (non-hydrogen) atoms. The van der Waals surface area contributed by atoms with Gasteiger partial charge >= 0.3 is 0 Å². The number of nitrogens with one attached hydrogen (secondary N) is 2. The Balaban J connectivity index is 1.95. The van der Waals surface area contributed by atoms with Gasteiger partial charge in [-0.1, -0.05) is 53.5 Å². The summed E-state index contributed by atoms with van der Waals surface area (Å²) in [5, 5.41) is 14.1. The van der Waals surface area contributed by atoms with Crippen LogP contribution in [-0.4, -0.2) is 23.3 Å². The number of methoxy groups -OCH3 is 1. The van der Waals surface area contributed by atoms with E-state index in [1.165, 1.54) is 13.3 Å². The highest BCUT2D eigenvalue weighted by molar-refractivity contribution is 6.36. The highest BCUT2D eigenvalue weighted by Crippen LogP contribution is 2.29. The van der Waals surface area contributed by atoms with Crippen LogP contribution < -0.4 is 15.7 Å². The van der Waals surface area contributed by atoms with Crippen LogP contribution in [0.5, 0.6) is 5.75 Å². The fourth-order valence-corrected chi connectivity index (χ4v) is 2.97. The largest absolute Gasteiger partial charge is 0.496 e. The van der Waals surface area contributed by atoms with Crippen LogP contribution in [0.25, 0.3) is 11.3 Å². The molecule has 9 heteroatoms. The highest BCUT2D eigenvalue weighted by atomic mass is 35.5. The maximum absolute atomic E-state index is 12.2. The first-order chi connectivity index (χ1) is 13.5. The van der Waals surface area contributed by atoms with Crippen LogP contribution in [0.3, 0.4) is 0 Å². The maximum Gasteiger partial charge on any atom is 0.270 e. The zero-order valence-corrected chi connectivity index (χ0v) is 16.0. The standard InChI is InChI=1S/C19H13Cl2N5O2/c1-28-16-8-12(20)7-15(21)14(16)10-23-26-19-24-17(11-5-3-2-4-6-11)13(9-22)18(27)25-19/h2-8,10H,1H3,(H2,24,25,26,27). The van der Waals surface area contributed by atoms with Crippen molar-refractivity contribution in [2.75, 3.05) is 12.5 Å². The minimum Gasteiger partial charge on any atom is -0.496 e. The number of nitrogens with zero attached hydrogens (tertiary/aromatic N) is 3. The molecule has 0 atom stereocenters. The smallest absolute Gasteiger partial charge is 0.270 e. The van der Waals surface area contributed by atoms with Gasteiger partial charge in [-0.25, -0.2) is 10.4 Å². The second-order valence-electron chi connectivity index (χ2n) is 5.49. The first-order valence-corrected chi connectivity index (χ1v) is 8.71. The van der Waals surface area contributed by atoms with Crippen LogP contribution >= 0.6 is 23.2 Å². The highest BCUT2D eigenvalue weighted by Gasteiger charge is 2.13. The molecule has 3 aromatic rings. The van der Waals surface area contributed by atoms with Crippen molar-refractivity contribution in [1.29, 1.82) is 5.26 Å². The molecule has 2 N–H and O–H groups in total. The lowest BCUT2D eigenvalue weighted by Crippen LogP contribution is -2.16. The number of ether oxygens (including phenoxy) is 1. The molecule has 0 spiro atoms. The molecule has 0 unspecified atom stereocenters. The lowest BCUT2D eigenvalue weighted by atomic mass is 10.1. The van der Waals surface area contributed by atoms with Gasteiger partial charge in [0.2, 0.25) is 5.95 Å². The summed E-state index contributed by atoms with van der Waals surface area (Å²) >= 11 is 12.1. The molecule has 1 aromatic heterocycles. The molecule has 0 aliphatic rings. The average molecular weight is 414 g/mol. The predicted molar refractivity (Wildman–Crippen MR) is 109 cm³/mol. The molecule has 0 radical (unpaired) electrons. The van der Waals surface area contributed by atoms with Gasteiger partial charge in [0.25, 0.3) is 5.56 Å². The van der Waals surface area contributed by atoms with Crippen LogP contribution in [0.2, 0.25) is 10.0 Å². The van der Waals surface area contributed by atoms with E-state index in [1.807, 2.05) is 12.1 Å². The number of halogens is 2. The monoisotopic (exact) mass is 413 g/mol. The van der Waals surface area contributed by atoms with E-state index in [1.54, 1.807) is 36.4 Å². The van der Waals surface area contributed by atoms with Gasteiger partial charge in [-0.3, -0.25) is 9.78 Å². The third kappa shape index (κ3) is 4.14. The molecule has 0 aliphatic carbocycles. The van der Waals surface area contributed by atoms with Crippen LogP contribution in [-0.2, 0) is 0 Å². The summed E-state index contributed by atoms with van der Waals surface area (Å²) < 4.78 is 5.24. The Morgan fingerprint density at radius 3 is 2.71 bits per heavy atom. The molecule has 140 valence electrons. The molecule has 1 heterocycles. The van der Waals surface area contributed by atoms with Crippen molar-refractivity contribution in [1.82, 2.24) is 9.97 Å². The van der Waals surface area contributed by atoms with Gasteiger partial charge in [0.15, 0.2) is 0 Å². The summed E-state index contributed by atoms with van der Waals surface area (Å²) in [5.41, 5.74) is 3.38. The molecule has 0 fully saturated rings. The number of H-pyrrole nitrogens is 1. The van der Waals surface area contributed by atoms with Gasteiger partial charge in [-0.05, 0) is 12.1 Å². The summed E-state index contributed by atoms with van der Waals surface area (Å²) in [5.74, 6) is 0.512. The zero-order valence-electron chi connectivity index (χ0n) is 14.5. The number of benzene rings is 2. The summed E-state index contributed by atoms with van der Waals surface area (Å²) in [6, 6.07) is 14.0. The fourth-order valence-electron chi connectivity index (χ4n) is 2.45. The lowest BCUT2D eigenvalue weighted by Gasteiger charge is -2.08. The molecule has 7 nitrogen and oxygen atoms in total. The van der Waals surface area contributed by atoms with E-state index in [0.29, 0.717) is 26.9 Å². The second-order valence-corrected chi connectivity index (χ2v) is 6.33. The zero-order chi connectivity index (χ0) is 20.1. The Morgan fingerprint density at radius 1 is 1.29 bits per heavy atom. The van der Waals surface area contributed by atoms with Crippen LogP contribution in [0.15, 0.2) is 52.4 Å². The van der Waals surface area contributed by atoms with Crippen molar-refractivity contribution in [3.63, 3.8) is 0 Å². The first kappa shape index (κ1) is 19.4. The normalized spacial score (nSPS) is 10.6. The number of rotatable bonds is 5. The molecule has 0 saturated carbocycles. The number of hydrazone groups is 1.